The van der Waals surface area contributed by atoms with Crippen LogP contribution in [0.15, 0.2) is 61.2 Å². The summed E-state index contributed by atoms with van der Waals surface area (Å²) in [6.07, 6.45) is 4.09. The average Bonchev–Trinajstić information content (AvgIpc) is 2.38. The van der Waals surface area contributed by atoms with Gasteiger partial charge in [-0.05, 0) is 64.3 Å². The second-order valence-electron chi connectivity index (χ2n) is 4.03. The fraction of sp³-hybridized carbons (Fsp3) is 0.125. The molecule has 0 radical (unpaired) electrons. The average molecular weight is 334 g/mol. The summed E-state index contributed by atoms with van der Waals surface area (Å²) in [7, 11) is 0. The molecule has 0 bridgehead atoms. The van der Waals surface area contributed by atoms with Crippen molar-refractivity contribution in [1.82, 2.24) is 0 Å². The molecule has 0 aliphatic heterocycles. The Kier molecular flexibility index (Phi) is 4.37. The third kappa shape index (κ3) is 3.43. The SMILES string of the molecule is C=CCCc1ccc(-c2ccc(I)cc2)cc1. The van der Waals surface area contributed by atoms with Crippen molar-refractivity contribution in [1.29, 1.82) is 0 Å². The maximum atomic E-state index is 3.75. The van der Waals surface area contributed by atoms with Crippen LogP contribution in [0.1, 0.15) is 12.0 Å². The summed E-state index contributed by atoms with van der Waals surface area (Å²) < 4.78 is 1.27. The maximum absolute atomic E-state index is 3.75. The van der Waals surface area contributed by atoms with Gasteiger partial charge in [-0.1, -0.05) is 42.5 Å². The predicted octanol–water partition coefficient (Wildman–Crippen LogP) is 5.08. The number of hydrogen-bond acceptors (Lipinski definition) is 0. The molecule has 0 atom stereocenters. The van der Waals surface area contributed by atoms with Gasteiger partial charge in [-0.15, -0.1) is 6.58 Å². The third-order valence-corrected chi connectivity index (χ3v) is 3.49. The van der Waals surface area contributed by atoms with Gasteiger partial charge in [0.1, 0.15) is 0 Å². The Balaban J connectivity index is 2.17. The van der Waals surface area contributed by atoms with E-state index in [-0.39, 0.29) is 0 Å². The minimum Gasteiger partial charge on any atom is -0.103 e. The smallest absolute Gasteiger partial charge is 0.0130 e. The van der Waals surface area contributed by atoms with Gasteiger partial charge in [0.05, 0.1) is 0 Å². The van der Waals surface area contributed by atoms with Crippen molar-refractivity contribution in [3.8, 4) is 11.1 Å². The second kappa shape index (κ2) is 6.01. The van der Waals surface area contributed by atoms with E-state index in [4.69, 9.17) is 0 Å². The summed E-state index contributed by atoms with van der Waals surface area (Å²) in [5, 5.41) is 0. The number of hydrogen-bond donors (Lipinski definition) is 0. The number of aryl methyl sites for hydroxylation is 1. The van der Waals surface area contributed by atoms with Gasteiger partial charge >= 0.3 is 0 Å². The van der Waals surface area contributed by atoms with Crippen molar-refractivity contribution in [3.05, 3.63) is 70.3 Å². The van der Waals surface area contributed by atoms with Gasteiger partial charge in [0.15, 0.2) is 0 Å². The first-order chi connectivity index (χ1) is 8.29. The normalized spacial score (nSPS) is 10.2. The van der Waals surface area contributed by atoms with E-state index in [9.17, 15) is 0 Å². The van der Waals surface area contributed by atoms with Crippen molar-refractivity contribution in [2.24, 2.45) is 0 Å². The van der Waals surface area contributed by atoms with Gasteiger partial charge in [0.2, 0.25) is 0 Å². The van der Waals surface area contributed by atoms with Crippen molar-refractivity contribution < 1.29 is 0 Å². The van der Waals surface area contributed by atoms with Crippen molar-refractivity contribution in [2.45, 2.75) is 12.8 Å². The Morgan fingerprint density at radius 1 is 0.882 bits per heavy atom. The zero-order valence-corrected chi connectivity index (χ0v) is 11.9. The highest BCUT2D eigenvalue weighted by molar-refractivity contribution is 14.1. The topological polar surface area (TPSA) is 0 Å². The standard InChI is InChI=1S/C16H15I/c1-2-3-4-13-5-7-14(8-6-13)15-9-11-16(17)12-10-15/h2,5-12H,1,3-4H2. The molecule has 0 aromatic heterocycles. The lowest BCUT2D eigenvalue weighted by Crippen LogP contribution is -1.84. The van der Waals surface area contributed by atoms with E-state index in [0.717, 1.165) is 12.8 Å². The van der Waals surface area contributed by atoms with Crippen LogP contribution >= 0.6 is 22.6 Å². The van der Waals surface area contributed by atoms with Crippen molar-refractivity contribution in [3.63, 3.8) is 0 Å². The molecule has 0 fully saturated rings. The molecule has 1 heteroatoms. The van der Waals surface area contributed by atoms with Crippen LogP contribution in [0, 0.1) is 3.57 Å². The maximum Gasteiger partial charge on any atom is 0.0130 e. The molecule has 0 nitrogen and oxygen atoms in total. The van der Waals surface area contributed by atoms with Crippen LogP contribution in [0.3, 0.4) is 0 Å². The fourth-order valence-electron chi connectivity index (χ4n) is 1.77. The second-order valence-corrected chi connectivity index (χ2v) is 5.28. The Bertz CT molecular complexity index is 480. The monoisotopic (exact) mass is 334 g/mol. The van der Waals surface area contributed by atoms with E-state index in [2.05, 4.69) is 77.7 Å². The molecule has 2 rings (SSSR count). The number of rotatable bonds is 4. The van der Waals surface area contributed by atoms with E-state index in [1.807, 2.05) is 6.08 Å². The van der Waals surface area contributed by atoms with Crippen LogP contribution in [-0.2, 0) is 6.42 Å². The molecule has 17 heavy (non-hydrogen) atoms. The first-order valence-corrected chi connectivity index (χ1v) is 6.83. The molecule has 0 aliphatic carbocycles. The first-order valence-electron chi connectivity index (χ1n) is 5.75. The molecule has 0 aliphatic rings. The predicted molar refractivity (Wildman–Crippen MR) is 83.1 cm³/mol. The van der Waals surface area contributed by atoms with Crippen LogP contribution in [0.5, 0.6) is 0 Å². The summed E-state index contributed by atoms with van der Waals surface area (Å²) in [5.41, 5.74) is 3.93. The highest BCUT2D eigenvalue weighted by Gasteiger charge is 1.97. The van der Waals surface area contributed by atoms with E-state index >= 15 is 0 Å². The Hall–Kier alpha value is -1.09. The fourth-order valence-corrected chi connectivity index (χ4v) is 2.13. The van der Waals surface area contributed by atoms with Crippen LogP contribution in [0.4, 0.5) is 0 Å². The van der Waals surface area contributed by atoms with Crippen LogP contribution in [0.25, 0.3) is 11.1 Å². The van der Waals surface area contributed by atoms with Crippen LogP contribution < -0.4 is 0 Å². The Morgan fingerprint density at radius 2 is 1.41 bits per heavy atom. The van der Waals surface area contributed by atoms with E-state index in [1.54, 1.807) is 0 Å². The van der Waals surface area contributed by atoms with E-state index in [0.29, 0.717) is 0 Å². The van der Waals surface area contributed by atoms with Crippen molar-refractivity contribution in [2.75, 3.05) is 0 Å². The van der Waals surface area contributed by atoms with Gasteiger partial charge in [-0.25, -0.2) is 0 Å². The Labute approximate surface area is 117 Å². The molecule has 0 N–H and O–H groups in total. The van der Waals surface area contributed by atoms with Crippen molar-refractivity contribution >= 4 is 22.6 Å². The molecule has 2 aromatic carbocycles. The molecule has 0 spiro atoms. The highest BCUT2D eigenvalue weighted by atomic mass is 127. The summed E-state index contributed by atoms with van der Waals surface area (Å²) in [6, 6.07) is 17.4. The van der Waals surface area contributed by atoms with Gasteiger partial charge in [-0.2, -0.15) is 0 Å². The largest absolute Gasteiger partial charge is 0.103 e. The zero-order valence-electron chi connectivity index (χ0n) is 9.70. The van der Waals surface area contributed by atoms with Gasteiger partial charge in [0.25, 0.3) is 0 Å². The summed E-state index contributed by atoms with van der Waals surface area (Å²) >= 11 is 2.33. The Morgan fingerprint density at radius 3 is 1.94 bits per heavy atom. The molecular weight excluding hydrogens is 319 g/mol. The minimum absolute atomic E-state index is 1.04. The van der Waals surface area contributed by atoms with E-state index < -0.39 is 0 Å². The number of benzene rings is 2. The zero-order chi connectivity index (χ0) is 12.1. The molecule has 0 unspecified atom stereocenters. The van der Waals surface area contributed by atoms with E-state index in [1.165, 1.54) is 20.3 Å². The first kappa shape index (κ1) is 12.4. The third-order valence-electron chi connectivity index (χ3n) is 2.77. The van der Waals surface area contributed by atoms with Crippen LogP contribution in [0.2, 0.25) is 0 Å². The lowest BCUT2D eigenvalue weighted by Gasteiger charge is -2.04. The number of allylic oxidation sites excluding steroid dienone is 1. The van der Waals surface area contributed by atoms with Gasteiger partial charge < -0.3 is 0 Å². The summed E-state index contributed by atoms with van der Waals surface area (Å²) in [5.74, 6) is 0. The summed E-state index contributed by atoms with van der Waals surface area (Å²) in [4.78, 5) is 0. The molecular formula is C16H15I. The number of halogens is 1. The quantitative estimate of drug-likeness (QED) is 0.540. The molecule has 0 saturated heterocycles. The lowest BCUT2D eigenvalue weighted by atomic mass is 10.0. The van der Waals surface area contributed by atoms with Gasteiger partial charge in [-0.3, -0.25) is 0 Å². The minimum atomic E-state index is 1.04. The van der Waals surface area contributed by atoms with Gasteiger partial charge in [0, 0.05) is 3.57 Å². The lowest BCUT2D eigenvalue weighted by molar-refractivity contribution is 1.00. The summed E-state index contributed by atoms with van der Waals surface area (Å²) in [6.45, 7) is 3.75. The van der Waals surface area contributed by atoms with Crippen LogP contribution in [-0.4, -0.2) is 0 Å². The molecule has 2 aromatic rings. The highest BCUT2D eigenvalue weighted by Crippen LogP contribution is 2.21. The molecule has 0 saturated carbocycles. The molecule has 0 heterocycles. The molecule has 0 amide bonds. The molecule has 86 valence electrons.